The van der Waals surface area contributed by atoms with Crippen molar-refractivity contribution in [3.05, 3.63) is 41.0 Å². The smallest absolute Gasteiger partial charge is 0.305 e. The summed E-state index contributed by atoms with van der Waals surface area (Å²) in [6.07, 6.45) is 5.84. The van der Waals surface area contributed by atoms with Gasteiger partial charge in [-0.15, -0.1) is 0 Å². The molecule has 5 heteroatoms. The van der Waals surface area contributed by atoms with Gasteiger partial charge in [0.25, 0.3) is 0 Å². The van der Waals surface area contributed by atoms with Crippen molar-refractivity contribution in [3.8, 4) is 0 Å². The molecule has 0 atom stereocenters. The number of benzene rings is 1. The lowest BCUT2D eigenvalue weighted by Gasteiger charge is -2.27. The Kier molecular flexibility index (Phi) is 7.55. The van der Waals surface area contributed by atoms with Gasteiger partial charge in [0.1, 0.15) is 5.76 Å². The average Bonchev–Trinajstić information content (AvgIpc) is 2.68. The number of aliphatic hydroxyl groups excluding tert-OH is 1. The number of fused-ring (bicyclic) bond motifs is 1. The van der Waals surface area contributed by atoms with Crippen molar-refractivity contribution in [3.63, 3.8) is 0 Å². The Morgan fingerprint density at radius 3 is 2.32 bits per heavy atom. The summed E-state index contributed by atoms with van der Waals surface area (Å²) in [4.78, 5) is 36.8. The van der Waals surface area contributed by atoms with Gasteiger partial charge in [-0.1, -0.05) is 70.7 Å². The van der Waals surface area contributed by atoms with Gasteiger partial charge >= 0.3 is 5.97 Å². The molecule has 0 fully saturated rings. The minimum atomic E-state index is -0.688. The second kappa shape index (κ2) is 9.67. The van der Waals surface area contributed by atoms with E-state index in [1.165, 1.54) is 12.5 Å². The number of hydrogen-bond acceptors (Lipinski definition) is 5. The number of ether oxygens (including phenoxy) is 1. The summed E-state index contributed by atoms with van der Waals surface area (Å²) in [7, 11) is 0. The van der Waals surface area contributed by atoms with Gasteiger partial charge in [0, 0.05) is 28.5 Å². The number of rotatable bonds is 10. The fourth-order valence-corrected chi connectivity index (χ4v) is 3.33. The van der Waals surface area contributed by atoms with Crippen molar-refractivity contribution in [1.29, 1.82) is 0 Å². The number of ketones is 2. The van der Waals surface area contributed by atoms with Crippen LogP contribution in [-0.2, 0) is 14.3 Å². The highest BCUT2D eigenvalue weighted by Gasteiger charge is 2.36. The van der Waals surface area contributed by atoms with Crippen LogP contribution in [0.25, 0.3) is 5.76 Å². The molecule has 0 bridgehead atoms. The van der Waals surface area contributed by atoms with Crippen LogP contribution in [0.3, 0.4) is 0 Å². The molecule has 1 aliphatic rings. The first-order valence-corrected chi connectivity index (χ1v) is 10.0. The van der Waals surface area contributed by atoms with Gasteiger partial charge in [0.2, 0.25) is 11.6 Å². The third-order valence-electron chi connectivity index (χ3n) is 4.96. The monoisotopic (exact) mass is 386 g/mol. The molecule has 5 nitrogen and oxygen atoms in total. The average molecular weight is 386 g/mol. The van der Waals surface area contributed by atoms with E-state index in [9.17, 15) is 19.5 Å². The molecule has 0 spiro atoms. The molecule has 1 aliphatic carbocycles. The van der Waals surface area contributed by atoms with Crippen LogP contribution in [0.2, 0.25) is 0 Å². The minimum Gasteiger partial charge on any atom is -0.507 e. The van der Waals surface area contributed by atoms with Gasteiger partial charge < -0.3 is 9.84 Å². The summed E-state index contributed by atoms with van der Waals surface area (Å²) in [5, 5.41) is 10.5. The highest BCUT2D eigenvalue weighted by Crippen LogP contribution is 2.35. The van der Waals surface area contributed by atoms with E-state index in [1.807, 2.05) is 13.8 Å². The maximum absolute atomic E-state index is 12.5. The van der Waals surface area contributed by atoms with Crippen LogP contribution < -0.4 is 0 Å². The molecule has 0 amide bonds. The standard InChI is InChI=1S/C23H30O5/c1-4-5-6-7-8-13-19(24)28-15-23(2,3)14-18-20(25)16-11-9-10-12-17(16)21(26)22(18)27/h9-12,25H,4-8,13-15H2,1-3H3. The van der Waals surface area contributed by atoms with Crippen LogP contribution >= 0.6 is 0 Å². The third-order valence-corrected chi connectivity index (χ3v) is 4.96. The zero-order chi connectivity index (χ0) is 20.7. The van der Waals surface area contributed by atoms with Crippen molar-refractivity contribution >= 4 is 23.3 Å². The first kappa shape index (κ1) is 21.9. The van der Waals surface area contributed by atoms with E-state index in [1.54, 1.807) is 18.2 Å². The summed E-state index contributed by atoms with van der Waals surface area (Å²) in [6, 6.07) is 6.54. The van der Waals surface area contributed by atoms with Gasteiger partial charge in [0.05, 0.1) is 6.61 Å². The predicted octanol–water partition coefficient (Wildman–Crippen LogP) is 5.04. The molecule has 152 valence electrons. The van der Waals surface area contributed by atoms with Crippen molar-refractivity contribution in [2.24, 2.45) is 5.41 Å². The normalized spacial score (nSPS) is 14.2. The van der Waals surface area contributed by atoms with Gasteiger partial charge in [-0.2, -0.15) is 0 Å². The number of esters is 1. The number of unbranched alkanes of at least 4 members (excludes halogenated alkanes) is 4. The molecule has 0 saturated carbocycles. The number of hydrogen-bond donors (Lipinski definition) is 1. The minimum absolute atomic E-state index is 0.0873. The summed E-state index contributed by atoms with van der Waals surface area (Å²) in [5.41, 5.74) is 0.107. The summed E-state index contributed by atoms with van der Waals surface area (Å²) in [6.45, 7) is 5.97. The lowest BCUT2D eigenvalue weighted by atomic mass is 9.79. The van der Waals surface area contributed by atoms with Crippen LogP contribution in [-0.4, -0.2) is 29.2 Å². The van der Waals surface area contributed by atoms with E-state index in [-0.39, 0.29) is 35.9 Å². The van der Waals surface area contributed by atoms with Crippen LogP contribution in [0.15, 0.2) is 29.8 Å². The molecule has 1 N–H and O–H groups in total. The van der Waals surface area contributed by atoms with Gasteiger partial charge in [-0.05, 0) is 12.8 Å². The van der Waals surface area contributed by atoms with Crippen molar-refractivity contribution in [1.82, 2.24) is 0 Å². The first-order valence-electron chi connectivity index (χ1n) is 10.0. The molecular weight excluding hydrogens is 356 g/mol. The van der Waals surface area contributed by atoms with Crippen LogP contribution in [0, 0.1) is 5.41 Å². The molecule has 0 saturated heterocycles. The second-order valence-corrected chi connectivity index (χ2v) is 8.20. The zero-order valence-electron chi connectivity index (χ0n) is 17.0. The van der Waals surface area contributed by atoms with Gasteiger partial charge in [0.15, 0.2) is 0 Å². The maximum atomic E-state index is 12.5. The molecule has 2 rings (SSSR count). The molecule has 1 aromatic rings. The molecule has 0 aromatic heterocycles. The molecule has 28 heavy (non-hydrogen) atoms. The fourth-order valence-electron chi connectivity index (χ4n) is 3.33. The van der Waals surface area contributed by atoms with Crippen molar-refractivity contribution in [2.45, 2.75) is 65.7 Å². The predicted molar refractivity (Wildman–Crippen MR) is 108 cm³/mol. The van der Waals surface area contributed by atoms with Gasteiger partial charge in [-0.25, -0.2) is 0 Å². The van der Waals surface area contributed by atoms with Gasteiger partial charge in [-0.3, -0.25) is 14.4 Å². The van der Waals surface area contributed by atoms with Crippen LogP contribution in [0.4, 0.5) is 0 Å². The molecule has 0 unspecified atom stereocenters. The number of allylic oxidation sites excluding steroid dienone is 1. The highest BCUT2D eigenvalue weighted by atomic mass is 16.5. The number of aliphatic hydroxyl groups is 1. The second-order valence-electron chi connectivity index (χ2n) is 8.20. The topological polar surface area (TPSA) is 80.7 Å². The molecule has 0 heterocycles. The van der Waals surface area contributed by atoms with E-state index in [4.69, 9.17) is 4.74 Å². The summed E-state index contributed by atoms with van der Waals surface area (Å²) >= 11 is 0. The third kappa shape index (κ3) is 5.54. The highest BCUT2D eigenvalue weighted by molar-refractivity contribution is 6.52. The first-order chi connectivity index (χ1) is 13.3. The summed E-state index contributed by atoms with van der Waals surface area (Å²) in [5.74, 6) is -1.70. The van der Waals surface area contributed by atoms with Crippen molar-refractivity contribution < 1.29 is 24.2 Å². The zero-order valence-corrected chi connectivity index (χ0v) is 17.0. The quantitative estimate of drug-likeness (QED) is 0.346. The number of carbonyl (C=O) groups is 3. The SMILES string of the molecule is CCCCCCCC(=O)OCC(C)(C)CC1=C(O)c2ccccc2C(=O)C1=O. The molecule has 1 aromatic carbocycles. The lowest BCUT2D eigenvalue weighted by molar-refractivity contribution is -0.146. The maximum Gasteiger partial charge on any atom is 0.305 e. The number of carbonyl (C=O) groups excluding carboxylic acids is 3. The van der Waals surface area contributed by atoms with Crippen LogP contribution in [0.1, 0.15) is 81.6 Å². The largest absolute Gasteiger partial charge is 0.507 e. The molecule has 0 aliphatic heterocycles. The molecular formula is C23H30O5. The van der Waals surface area contributed by atoms with Crippen molar-refractivity contribution in [2.75, 3.05) is 6.61 Å². The Bertz CT molecular complexity index is 773. The van der Waals surface area contributed by atoms with E-state index in [0.717, 1.165) is 25.7 Å². The number of Topliss-reactive ketones (excluding diaryl/α,β-unsaturated/α-hetero) is 2. The van der Waals surface area contributed by atoms with E-state index < -0.39 is 17.0 Å². The van der Waals surface area contributed by atoms with E-state index in [0.29, 0.717) is 12.0 Å². The molecule has 0 radical (unpaired) electrons. The van der Waals surface area contributed by atoms with Crippen LogP contribution in [0.5, 0.6) is 0 Å². The Morgan fingerprint density at radius 2 is 1.64 bits per heavy atom. The lowest BCUT2D eigenvalue weighted by Crippen LogP contribution is -2.29. The van der Waals surface area contributed by atoms with E-state index in [2.05, 4.69) is 6.92 Å². The fraction of sp³-hybridized carbons (Fsp3) is 0.522. The van der Waals surface area contributed by atoms with E-state index >= 15 is 0 Å². The Balaban J connectivity index is 1.97. The Labute approximate surface area is 166 Å². The summed E-state index contributed by atoms with van der Waals surface area (Å²) < 4.78 is 5.38. The Morgan fingerprint density at radius 1 is 1.00 bits per heavy atom. The Hall–Kier alpha value is -2.43.